The number of halogens is 1. The van der Waals surface area contributed by atoms with Crippen molar-refractivity contribution in [1.29, 1.82) is 0 Å². The standard InChI is InChI=1S/C25H20FN3O2/c1-17(30)16-29-24(19-6-3-2-4-7-19)27-15-23(25(29)31)28-22-9-5-8-20(14-22)18-10-12-21(26)13-11-18/h2-15,28H,16H2,1H3. The number of benzene rings is 3. The highest BCUT2D eigenvalue weighted by Gasteiger charge is 2.14. The van der Waals surface area contributed by atoms with Gasteiger partial charge in [-0.1, -0.05) is 54.6 Å². The van der Waals surface area contributed by atoms with E-state index in [1.165, 1.54) is 29.8 Å². The van der Waals surface area contributed by atoms with Crippen LogP contribution >= 0.6 is 0 Å². The van der Waals surface area contributed by atoms with Crippen molar-refractivity contribution in [1.82, 2.24) is 9.55 Å². The summed E-state index contributed by atoms with van der Waals surface area (Å²) in [4.78, 5) is 29.4. The first kappa shape index (κ1) is 20.2. The first-order chi connectivity index (χ1) is 15.0. The summed E-state index contributed by atoms with van der Waals surface area (Å²) in [6.07, 6.45) is 1.48. The van der Waals surface area contributed by atoms with Gasteiger partial charge >= 0.3 is 0 Å². The lowest BCUT2D eigenvalue weighted by Gasteiger charge is -2.14. The number of aromatic nitrogens is 2. The number of carbonyl (C=O) groups is 1. The van der Waals surface area contributed by atoms with Crippen molar-refractivity contribution in [3.05, 3.63) is 101 Å². The van der Waals surface area contributed by atoms with E-state index in [2.05, 4.69) is 10.3 Å². The zero-order chi connectivity index (χ0) is 21.8. The summed E-state index contributed by atoms with van der Waals surface area (Å²) in [7, 11) is 0. The fourth-order valence-electron chi connectivity index (χ4n) is 3.34. The second-order valence-electron chi connectivity index (χ2n) is 7.17. The summed E-state index contributed by atoms with van der Waals surface area (Å²) in [6, 6.07) is 22.9. The maximum atomic E-state index is 13.2. The molecule has 1 heterocycles. The Bertz CT molecular complexity index is 1280. The summed E-state index contributed by atoms with van der Waals surface area (Å²) >= 11 is 0. The van der Waals surface area contributed by atoms with E-state index in [9.17, 15) is 14.0 Å². The Hall–Kier alpha value is -4.06. The average Bonchev–Trinajstić information content (AvgIpc) is 2.78. The van der Waals surface area contributed by atoms with Crippen LogP contribution < -0.4 is 10.9 Å². The van der Waals surface area contributed by atoms with Crippen LogP contribution in [0, 0.1) is 5.82 Å². The smallest absolute Gasteiger partial charge is 0.277 e. The SMILES string of the molecule is CC(=O)Cn1c(-c2ccccc2)ncc(Nc2cccc(-c3ccc(F)cc3)c2)c1=O. The fourth-order valence-corrected chi connectivity index (χ4v) is 3.34. The fraction of sp³-hybridized carbons (Fsp3) is 0.0800. The van der Waals surface area contributed by atoms with Crippen LogP contribution in [0.3, 0.4) is 0 Å². The minimum atomic E-state index is -0.337. The molecule has 0 aliphatic heterocycles. The van der Waals surface area contributed by atoms with Crippen molar-refractivity contribution in [2.45, 2.75) is 13.5 Å². The van der Waals surface area contributed by atoms with E-state index >= 15 is 0 Å². The van der Waals surface area contributed by atoms with Crippen LogP contribution in [0.2, 0.25) is 0 Å². The molecule has 4 rings (SSSR count). The summed E-state index contributed by atoms with van der Waals surface area (Å²) in [5, 5.41) is 3.10. The molecule has 1 aromatic heterocycles. The molecule has 0 saturated carbocycles. The molecule has 0 atom stereocenters. The van der Waals surface area contributed by atoms with E-state index in [-0.39, 0.29) is 29.4 Å². The van der Waals surface area contributed by atoms with Crippen LogP contribution in [-0.2, 0) is 11.3 Å². The van der Waals surface area contributed by atoms with Crippen LogP contribution in [0.4, 0.5) is 15.8 Å². The van der Waals surface area contributed by atoms with Crippen LogP contribution in [0.25, 0.3) is 22.5 Å². The number of nitrogens with one attached hydrogen (secondary N) is 1. The Kier molecular flexibility index (Phi) is 5.71. The van der Waals surface area contributed by atoms with Crippen molar-refractivity contribution >= 4 is 17.2 Å². The molecule has 154 valence electrons. The molecule has 0 fully saturated rings. The van der Waals surface area contributed by atoms with E-state index in [0.717, 1.165) is 16.7 Å². The van der Waals surface area contributed by atoms with Gasteiger partial charge in [0.25, 0.3) is 5.56 Å². The molecule has 1 N–H and O–H groups in total. The molecule has 0 unspecified atom stereocenters. The van der Waals surface area contributed by atoms with E-state index in [0.29, 0.717) is 11.5 Å². The quantitative estimate of drug-likeness (QED) is 0.481. The highest BCUT2D eigenvalue weighted by molar-refractivity contribution is 5.76. The van der Waals surface area contributed by atoms with Gasteiger partial charge in [-0.05, 0) is 42.3 Å². The molecule has 0 radical (unpaired) electrons. The number of ketones is 1. The van der Waals surface area contributed by atoms with E-state index < -0.39 is 0 Å². The lowest BCUT2D eigenvalue weighted by molar-refractivity contribution is -0.117. The molecule has 4 aromatic rings. The first-order valence-electron chi connectivity index (χ1n) is 9.79. The van der Waals surface area contributed by atoms with Crippen molar-refractivity contribution in [3.8, 4) is 22.5 Å². The Morgan fingerprint density at radius 3 is 2.35 bits per heavy atom. The van der Waals surface area contributed by atoms with Crippen LogP contribution in [-0.4, -0.2) is 15.3 Å². The Balaban J connectivity index is 1.71. The van der Waals surface area contributed by atoms with Gasteiger partial charge in [0.2, 0.25) is 0 Å². The van der Waals surface area contributed by atoms with Gasteiger partial charge in [-0.15, -0.1) is 0 Å². The molecular formula is C25H20FN3O2. The van der Waals surface area contributed by atoms with E-state index in [4.69, 9.17) is 0 Å². The zero-order valence-electron chi connectivity index (χ0n) is 16.9. The molecule has 6 heteroatoms. The van der Waals surface area contributed by atoms with Gasteiger partial charge in [-0.2, -0.15) is 0 Å². The molecule has 3 aromatic carbocycles. The van der Waals surface area contributed by atoms with Gasteiger partial charge in [0.05, 0.1) is 12.7 Å². The maximum Gasteiger partial charge on any atom is 0.277 e. The molecular weight excluding hydrogens is 393 g/mol. The number of nitrogens with zero attached hydrogens (tertiary/aromatic N) is 2. The third-order valence-corrected chi connectivity index (χ3v) is 4.78. The van der Waals surface area contributed by atoms with Gasteiger partial charge in [-0.25, -0.2) is 9.37 Å². The van der Waals surface area contributed by atoms with Gasteiger partial charge in [0.15, 0.2) is 0 Å². The Morgan fingerprint density at radius 1 is 0.935 bits per heavy atom. The molecule has 0 aliphatic carbocycles. The molecule has 0 spiro atoms. The van der Waals surface area contributed by atoms with E-state index in [1.807, 2.05) is 54.6 Å². The predicted octanol–water partition coefficient (Wildman–Crippen LogP) is 5.05. The molecule has 31 heavy (non-hydrogen) atoms. The van der Waals surface area contributed by atoms with Gasteiger partial charge < -0.3 is 5.32 Å². The Morgan fingerprint density at radius 2 is 1.65 bits per heavy atom. The van der Waals surface area contributed by atoms with E-state index in [1.54, 1.807) is 12.1 Å². The Labute approximate surface area is 178 Å². The maximum absolute atomic E-state index is 13.2. The van der Waals surface area contributed by atoms with Crippen LogP contribution in [0.5, 0.6) is 0 Å². The third-order valence-electron chi connectivity index (χ3n) is 4.78. The first-order valence-corrected chi connectivity index (χ1v) is 9.79. The molecule has 0 bridgehead atoms. The number of hydrogen-bond acceptors (Lipinski definition) is 4. The van der Waals surface area contributed by atoms with Crippen LogP contribution in [0.15, 0.2) is 89.9 Å². The highest BCUT2D eigenvalue weighted by Crippen LogP contribution is 2.25. The summed E-state index contributed by atoms with van der Waals surface area (Å²) in [6.45, 7) is 1.37. The summed E-state index contributed by atoms with van der Waals surface area (Å²) in [5.41, 5.74) is 3.10. The summed E-state index contributed by atoms with van der Waals surface area (Å²) < 4.78 is 14.6. The van der Waals surface area contributed by atoms with Crippen LogP contribution in [0.1, 0.15) is 6.92 Å². The van der Waals surface area contributed by atoms with Crippen molar-refractivity contribution in [2.24, 2.45) is 0 Å². The molecule has 0 amide bonds. The molecule has 0 saturated heterocycles. The van der Waals surface area contributed by atoms with Crippen molar-refractivity contribution in [2.75, 3.05) is 5.32 Å². The van der Waals surface area contributed by atoms with Crippen molar-refractivity contribution in [3.63, 3.8) is 0 Å². The van der Waals surface area contributed by atoms with Gasteiger partial charge in [0.1, 0.15) is 23.1 Å². The number of hydrogen-bond donors (Lipinski definition) is 1. The van der Waals surface area contributed by atoms with Gasteiger partial charge in [-0.3, -0.25) is 14.2 Å². The monoisotopic (exact) mass is 413 g/mol. The minimum absolute atomic E-state index is 0.0683. The molecule has 5 nitrogen and oxygen atoms in total. The second-order valence-corrected chi connectivity index (χ2v) is 7.17. The number of rotatable bonds is 6. The minimum Gasteiger partial charge on any atom is -0.350 e. The number of anilines is 2. The topological polar surface area (TPSA) is 64.0 Å². The average molecular weight is 413 g/mol. The number of carbonyl (C=O) groups excluding carboxylic acids is 1. The lowest BCUT2D eigenvalue weighted by Crippen LogP contribution is -2.27. The zero-order valence-corrected chi connectivity index (χ0v) is 16.9. The second kappa shape index (κ2) is 8.75. The molecule has 0 aliphatic rings. The highest BCUT2D eigenvalue weighted by atomic mass is 19.1. The summed E-state index contributed by atoms with van der Waals surface area (Å²) in [5.74, 6) is -0.00316. The van der Waals surface area contributed by atoms with Crippen molar-refractivity contribution < 1.29 is 9.18 Å². The lowest BCUT2D eigenvalue weighted by atomic mass is 10.1. The third kappa shape index (κ3) is 4.59. The normalized spacial score (nSPS) is 10.6. The number of Topliss-reactive ketones (excluding diaryl/α,β-unsaturated/α-hetero) is 1. The predicted molar refractivity (Wildman–Crippen MR) is 120 cm³/mol. The largest absolute Gasteiger partial charge is 0.350 e. The van der Waals surface area contributed by atoms with Gasteiger partial charge in [0, 0.05) is 11.3 Å².